The molecule has 0 atom stereocenters. The second kappa shape index (κ2) is 8.74. The summed E-state index contributed by atoms with van der Waals surface area (Å²) in [5.74, 6) is 0.902. The first-order valence-corrected chi connectivity index (χ1v) is 10.4. The number of benzene rings is 1. The Morgan fingerprint density at radius 2 is 1.93 bits per heavy atom. The van der Waals surface area contributed by atoms with Crippen molar-refractivity contribution in [1.82, 2.24) is 15.0 Å². The number of anilines is 2. The number of hydrogen-bond donors (Lipinski definition) is 1. The molecule has 4 rings (SSSR count). The highest BCUT2D eigenvalue weighted by Crippen LogP contribution is 2.24. The lowest BCUT2D eigenvalue weighted by atomic mass is 10.1. The van der Waals surface area contributed by atoms with Crippen molar-refractivity contribution in [3.05, 3.63) is 52.9 Å². The first kappa shape index (κ1) is 18.9. The zero-order valence-corrected chi connectivity index (χ0v) is 17.0. The van der Waals surface area contributed by atoms with Crippen molar-refractivity contribution in [2.75, 3.05) is 29.9 Å². The number of pyridine rings is 1. The molecule has 0 unspecified atom stereocenters. The van der Waals surface area contributed by atoms with Crippen LogP contribution >= 0.6 is 11.6 Å². The number of nitrogens with one attached hydrogen (secondary N) is 1. The minimum atomic E-state index is 0.709. The van der Waals surface area contributed by atoms with Gasteiger partial charge in [0.05, 0.1) is 5.52 Å². The Hall–Kier alpha value is -2.40. The lowest BCUT2D eigenvalue weighted by Gasteiger charge is -2.27. The van der Waals surface area contributed by atoms with Gasteiger partial charge in [0, 0.05) is 53.3 Å². The Morgan fingerprint density at radius 3 is 2.79 bits per heavy atom. The molecule has 2 aromatic heterocycles. The highest BCUT2D eigenvalue weighted by Gasteiger charge is 2.14. The second-order valence-electron chi connectivity index (χ2n) is 7.40. The quantitative estimate of drug-likeness (QED) is 0.594. The Bertz CT molecular complexity index is 953. The van der Waals surface area contributed by atoms with E-state index in [4.69, 9.17) is 16.6 Å². The highest BCUT2D eigenvalue weighted by molar-refractivity contribution is 6.31. The number of fused-ring (bicyclic) bond motifs is 1. The predicted molar refractivity (Wildman–Crippen MR) is 116 cm³/mol. The molecule has 1 aliphatic rings. The molecule has 6 heteroatoms. The molecule has 1 N–H and O–H groups in total. The minimum absolute atomic E-state index is 0.709. The molecular weight excluding hydrogens is 370 g/mol. The molecule has 3 aromatic rings. The molecule has 0 amide bonds. The monoisotopic (exact) mass is 395 g/mol. The Kier molecular flexibility index (Phi) is 5.91. The summed E-state index contributed by atoms with van der Waals surface area (Å²) < 4.78 is 0. The number of aryl methyl sites for hydroxylation is 2. The van der Waals surface area contributed by atoms with Gasteiger partial charge in [-0.15, -0.1) is 0 Å². The molecule has 0 saturated carbocycles. The molecule has 1 aliphatic heterocycles. The third-order valence-electron chi connectivity index (χ3n) is 5.16. The van der Waals surface area contributed by atoms with Crippen LogP contribution < -0.4 is 10.2 Å². The minimum Gasteiger partial charge on any atom is -0.384 e. The molecule has 0 bridgehead atoms. The molecule has 3 heterocycles. The van der Waals surface area contributed by atoms with E-state index in [1.165, 1.54) is 19.3 Å². The van der Waals surface area contributed by atoms with Crippen molar-refractivity contribution in [3.63, 3.8) is 0 Å². The van der Waals surface area contributed by atoms with Gasteiger partial charge in [-0.3, -0.25) is 4.98 Å². The van der Waals surface area contributed by atoms with E-state index in [0.717, 1.165) is 66.4 Å². The first-order chi connectivity index (χ1) is 13.7. The maximum Gasteiger partial charge on any atom is 0.225 e. The Morgan fingerprint density at radius 1 is 1.07 bits per heavy atom. The van der Waals surface area contributed by atoms with Crippen LogP contribution in [0.25, 0.3) is 10.9 Å². The van der Waals surface area contributed by atoms with E-state index in [1.54, 1.807) is 0 Å². The zero-order chi connectivity index (χ0) is 19.3. The van der Waals surface area contributed by atoms with Crippen LogP contribution in [0.15, 0.2) is 36.5 Å². The maximum absolute atomic E-state index is 6.07. The van der Waals surface area contributed by atoms with Gasteiger partial charge in [-0.05, 0) is 69.4 Å². The fourth-order valence-electron chi connectivity index (χ4n) is 3.75. The van der Waals surface area contributed by atoms with Gasteiger partial charge >= 0.3 is 0 Å². The van der Waals surface area contributed by atoms with Crippen molar-refractivity contribution in [3.8, 4) is 0 Å². The van der Waals surface area contributed by atoms with E-state index >= 15 is 0 Å². The molecule has 28 heavy (non-hydrogen) atoms. The lowest BCUT2D eigenvalue weighted by Crippen LogP contribution is -2.31. The standard InChI is InChI=1S/C22H26ClN5/c1-16-14-18(27-22(26-16)28-12-3-2-4-13-28)6-5-10-24-20-9-11-25-21-15-17(23)7-8-19(20)21/h7-9,11,14-15H,2-6,10,12-13H2,1H3,(H,24,25). The number of rotatable bonds is 6. The second-order valence-corrected chi connectivity index (χ2v) is 7.84. The average molecular weight is 396 g/mol. The van der Waals surface area contributed by atoms with Gasteiger partial charge < -0.3 is 10.2 Å². The first-order valence-electron chi connectivity index (χ1n) is 10.1. The lowest BCUT2D eigenvalue weighted by molar-refractivity contribution is 0.566. The third kappa shape index (κ3) is 4.53. The summed E-state index contributed by atoms with van der Waals surface area (Å²) in [6, 6.07) is 9.94. The fraction of sp³-hybridized carbons (Fsp3) is 0.409. The van der Waals surface area contributed by atoms with Crippen molar-refractivity contribution in [2.45, 2.75) is 39.0 Å². The summed E-state index contributed by atoms with van der Waals surface area (Å²) in [6.07, 6.45) is 7.55. The van der Waals surface area contributed by atoms with Gasteiger partial charge in [0.15, 0.2) is 0 Å². The smallest absolute Gasteiger partial charge is 0.225 e. The van der Waals surface area contributed by atoms with Gasteiger partial charge in [-0.1, -0.05) is 11.6 Å². The SMILES string of the molecule is Cc1cc(CCCNc2ccnc3cc(Cl)ccc23)nc(N2CCCCC2)n1. The predicted octanol–water partition coefficient (Wildman–Crippen LogP) is 5.02. The Labute approximate surface area is 171 Å². The molecule has 146 valence electrons. The van der Waals surface area contributed by atoms with Crippen LogP contribution in [0.3, 0.4) is 0 Å². The highest BCUT2D eigenvalue weighted by atomic mass is 35.5. The number of hydrogen-bond acceptors (Lipinski definition) is 5. The van der Waals surface area contributed by atoms with Crippen LogP contribution in [-0.2, 0) is 6.42 Å². The summed E-state index contributed by atoms with van der Waals surface area (Å²) in [4.78, 5) is 16.2. The Balaban J connectivity index is 1.37. The number of nitrogens with zero attached hydrogens (tertiary/aromatic N) is 4. The molecular formula is C22H26ClN5. The van der Waals surface area contributed by atoms with Crippen molar-refractivity contribution in [1.29, 1.82) is 0 Å². The largest absolute Gasteiger partial charge is 0.384 e. The van der Waals surface area contributed by atoms with Gasteiger partial charge in [0.1, 0.15) is 0 Å². The zero-order valence-electron chi connectivity index (χ0n) is 16.3. The van der Waals surface area contributed by atoms with Gasteiger partial charge in [0.25, 0.3) is 0 Å². The van der Waals surface area contributed by atoms with Crippen molar-refractivity contribution < 1.29 is 0 Å². The van der Waals surface area contributed by atoms with Crippen LogP contribution in [0.2, 0.25) is 5.02 Å². The van der Waals surface area contributed by atoms with Crippen LogP contribution in [0.5, 0.6) is 0 Å². The normalized spacial score (nSPS) is 14.4. The fourth-order valence-corrected chi connectivity index (χ4v) is 3.91. The van der Waals surface area contributed by atoms with Crippen LogP contribution in [-0.4, -0.2) is 34.6 Å². The van der Waals surface area contributed by atoms with Crippen LogP contribution in [0.4, 0.5) is 11.6 Å². The third-order valence-corrected chi connectivity index (χ3v) is 5.40. The van der Waals surface area contributed by atoms with Gasteiger partial charge in [-0.25, -0.2) is 9.97 Å². The van der Waals surface area contributed by atoms with Crippen molar-refractivity contribution in [2.24, 2.45) is 0 Å². The van der Waals surface area contributed by atoms with Crippen molar-refractivity contribution >= 4 is 34.1 Å². The van der Waals surface area contributed by atoms with Gasteiger partial charge in [-0.2, -0.15) is 0 Å². The summed E-state index contributed by atoms with van der Waals surface area (Å²) in [5.41, 5.74) is 4.18. The molecule has 0 aliphatic carbocycles. The van der Waals surface area contributed by atoms with E-state index < -0.39 is 0 Å². The molecule has 1 aromatic carbocycles. The van der Waals surface area contributed by atoms with Crippen LogP contribution in [0.1, 0.15) is 37.1 Å². The number of piperidine rings is 1. The maximum atomic E-state index is 6.07. The van der Waals surface area contributed by atoms with E-state index in [-0.39, 0.29) is 0 Å². The van der Waals surface area contributed by atoms with E-state index in [0.29, 0.717) is 5.02 Å². The average Bonchev–Trinajstić information content (AvgIpc) is 2.71. The summed E-state index contributed by atoms with van der Waals surface area (Å²) in [7, 11) is 0. The molecule has 0 radical (unpaired) electrons. The van der Waals surface area contributed by atoms with E-state index in [9.17, 15) is 0 Å². The van der Waals surface area contributed by atoms with E-state index in [2.05, 4.69) is 33.2 Å². The van der Waals surface area contributed by atoms with Crippen LogP contribution in [0, 0.1) is 6.92 Å². The number of aromatic nitrogens is 3. The molecule has 1 saturated heterocycles. The summed E-state index contributed by atoms with van der Waals surface area (Å²) >= 11 is 6.07. The topological polar surface area (TPSA) is 53.9 Å². The molecule has 0 spiro atoms. The summed E-state index contributed by atoms with van der Waals surface area (Å²) in [5, 5.41) is 5.34. The van der Waals surface area contributed by atoms with Gasteiger partial charge in [0.2, 0.25) is 5.95 Å². The molecule has 5 nitrogen and oxygen atoms in total. The number of halogens is 1. The summed E-state index contributed by atoms with van der Waals surface area (Å²) in [6.45, 7) is 5.09. The molecule has 1 fully saturated rings. The van der Waals surface area contributed by atoms with E-state index in [1.807, 2.05) is 30.5 Å².